The highest BCUT2D eigenvalue weighted by Crippen LogP contribution is 2.13. The van der Waals surface area contributed by atoms with Gasteiger partial charge in [-0.2, -0.15) is 0 Å². The van der Waals surface area contributed by atoms with Gasteiger partial charge in [0.15, 0.2) is 0 Å². The molecule has 1 rings (SSSR count). The summed E-state index contributed by atoms with van der Waals surface area (Å²) in [4.78, 5) is 11.0. The lowest BCUT2D eigenvalue weighted by Gasteiger charge is -2.24. The predicted octanol–water partition coefficient (Wildman–Crippen LogP) is 2.31. The van der Waals surface area contributed by atoms with Crippen molar-refractivity contribution in [1.29, 1.82) is 0 Å². The summed E-state index contributed by atoms with van der Waals surface area (Å²) >= 11 is 0. The average molecular weight is 243 g/mol. The second-order valence-electron chi connectivity index (χ2n) is 4.08. The van der Waals surface area contributed by atoms with Crippen LogP contribution in [0.2, 0.25) is 0 Å². The molecular formula is C12H15F2NO2. The minimum Gasteiger partial charge on any atom is -0.480 e. The van der Waals surface area contributed by atoms with Crippen LogP contribution in [0.5, 0.6) is 0 Å². The van der Waals surface area contributed by atoms with E-state index in [9.17, 15) is 13.6 Å². The third-order valence-corrected chi connectivity index (χ3v) is 2.86. The first-order chi connectivity index (χ1) is 7.89. The molecule has 5 heteroatoms. The maximum atomic E-state index is 13.3. The summed E-state index contributed by atoms with van der Waals surface area (Å²) in [5.41, 5.74) is -0.867. The molecule has 0 saturated heterocycles. The Kier molecular flexibility index (Phi) is 4.17. The molecule has 1 aromatic rings. The van der Waals surface area contributed by atoms with Crippen LogP contribution in [0.25, 0.3) is 0 Å². The predicted molar refractivity (Wildman–Crippen MR) is 59.5 cm³/mol. The number of carboxylic acids is 1. The van der Waals surface area contributed by atoms with Crippen LogP contribution in [0.1, 0.15) is 25.8 Å². The summed E-state index contributed by atoms with van der Waals surface area (Å²) in [7, 11) is 0. The number of benzene rings is 1. The highest BCUT2D eigenvalue weighted by molar-refractivity contribution is 5.78. The van der Waals surface area contributed by atoms with Crippen LogP contribution >= 0.6 is 0 Å². The Morgan fingerprint density at radius 3 is 2.59 bits per heavy atom. The van der Waals surface area contributed by atoms with Gasteiger partial charge in [-0.05, 0) is 19.4 Å². The first kappa shape index (κ1) is 13.6. The number of halogens is 2. The van der Waals surface area contributed by atoms with Gasteiger partial charge in [0.25, 0.3) is 0 Å². The average Bonchev–Trinajstić information content (AvgIpc) is 2.27. The van der Waals surface area contributed by atoms with Crippen molar-refractivity contribution in [3.05, 3.63) is 35.4 Å². The van der Waals surface area contributed by atoms with Crippen LogP contribution in [0, 0.1) is 11.6 Å². The SMILES string of the molecule is CCC(C)(NCc1ccc(F)cc1F)C(=O)O. The molecule has 0 spiro atoms. The number of rotatable bonds is 5. The Balaban J connectivity index is 2.76. The lowest BCUT2D eigenvalue weighted by Crippen LogP contribution is -2.48. The van der Waals surface area contributed by atoms with Gasteiger partial charge in [-0.25, -0.2) is 8.78 Å². The van der Waals surface area contributed by atoms with Crippen LogP contribution in [0.3, 0.4) is 0 Å². The number of carbonyl (C=O) groups is 1. The van der Waals surface area contributed by atoms with Crippen molar-refractivity contribution in [2.45, 2.75) is 32.4 Å². The van der Waals surface area contributed by atoms with Gasteiger partial charge in [-0.1, -0.05) is 13.0 Å². The molecule has 0 aromatic heterocycles. The highest BCUT2D eigenvalue weighted by atomic mass is 19.1. The molecule has 1 unspecified atom stereocenters. The molecule has 0 aliphatic carbocycles. The molecule has 0 amide bonds. The third kappa shape index (κ3) is 3.23. The van der Waals surface area contributed by atoms with Gasteiger partial charge in [0.1, 0.15) is 17.2 Å². The second-order valence-corrected chi connectivity index (χ2v) is 4.08. The van der Waals surface area contributed by atoms with E-state index in [1.165, 1.54) is 13.0 Å². The zero-order chi connectivity index (χ0) is 13.1. The van der Waals surface area contributed by atoms with Crippen molar-refractivity contribution in [1.82, 2.24) is 5.32 Å². The first-order valence-corrected chi connectivity index (χ1v) is 5.31. The van der Waals surface area contributed by atoms with Crippen molar-refractivity contribution < 1.29 is 18.7 Å². The summed E-state index contributed by atoms with van der Waals surface area (Å²) in [5, 5.41) is 11.8. The van der Waals surface area contributed by atoms with E-state index in [0.717, 1.165) is 12.1 Å². The van der Waals surface area contributed by atoms with Gasteiger partial charge in [-0.15, -0.1) is 0 Å². The van der Waals surface area contributed by atoms with Gasteiger partial charge in [0, 0.05) is 18.2 Å². The van der Waals surface area contributed by atoms with E-state index < -0.39 is 23.1 Å². The third-order valence-electron chi connectivity index (χ3n) is 2.86. The lowest BCUT2D eigenvalue weighted by molar-refractivity contribution is -0.144. The van der Waals surface area contributed by atoms with E-state index in [-0.39, 0.29) is 12.1 Å². The van der Waals surface area contributed by atoms with E-state index in [1.54, 1.807) is 6.92 Å². The molecule has 1 aromatic carbocycles. The molecule has 2 N–H and O–H groups in total. The zero-order valence-corrected chi connectivity index (χ0v) is 9.76. The molecule has 0 fully saturated rings. The zero-order valence-electron chi connectivity index (χ0n) is 9.76. The van der Waals surface area contributed by atoms with Crippen molar-refractivity contribution in [3.8, 4) is 0 Å². The molecule has 0 bridgehead atoms. The number of hydrogen-bond acceptors (Lipinski definition) is 2. The summed E-state index contributed by atoms with van der Waals surface area (Å²) < 4.78 is 26.0. The minimum absolute atomic E-state index is 0.0444. The molecule has 0 aliphatic heterocycles. The number of hydrogen-bond donors (Lipinski definition) is 2. The van der Waals surface area contributed by atoms with Crippen molar-refractivity contribution in [3.63, 3.8) is 0 Å². The minimum atomic E-state index is -1.11. The van der Waals surface area contributed by atoms with E-state index >= 15 is 0 Å². The van der Waals surface area contributed by atoms with E-state index in [0.29, 0.717) is 6.42 Å². The monoisotopic (exact) mass is 243 g/mol. The Morgan fingerprint density at radius 1 is 1.47 bits per heavy atom. The molecule has 0 aliphatic rings. The summed E-state index contributed by atoms with van der Waals surface area (Å²) in [5.74, 6) is -2.33. The Morgan fingerprint density at radius 2 is 2.12 bits per heavy atom. The standard InChI is InChI=1S/C12H15F2NO2/c1-3-12(2,11(16)17)15-7-8-4-5-9(13)6-10(8)14/h4-6,15H,3,7H2,1-2H3,(H,16,17). The number of carboxylic acid groups (broad SMARTS) is 1. The van der Waals surface area contributed by atoms with Gasteiger partial charge in [0.2, 0.25) is 0 Å². The summed E-state index contributed by atoms with van der Waals surface area (Å²) in [6.45, 7) is 3.29. The molecule has 0 saturated carbocycles. The van der Waals surface area contributed by atoms with Gasteiger partial charge in [-0.3, -0.25) is 10.1 Å². The van der Waals surface area contributed by atoms with Crippen molar-refractivity contribution in [2.75, 3.05) is 0 Å². The normalized spacial score (nSPS) is 14.4. The maximum Gasteiger partial charge on any atom is 0.323 e. The largest absolute Gasteiger partial charge is 0.480 e. The van der Waals surface area contributed by atoms with E-state index in [1.807, 2.05) is 0 Å². The van der Waals surface area contributed by atoms with E-state index in [2.05, 4.69) is 5.32 Å². The Bertz CT molecular complexity index is 423. The van der Waals surface area contributed by atoms with Crippen molar-refractivity contribution in [2.24, 2.45) is 0 Å². The number of nitrogens with one attached hydrogen (secondary N) is 1. The fourth-order valence-electron chi connectivity index (χ4n) is 1.31. The molecule has 1 atom stereocenters. The van der Waals surface area contributed by atoms with Crippen LogP contribution in [-0.4, -0.2) is 16.6 Å². The van der Waals surface area contributed by atoms with Gasteiger partial charge < -0.3 is 5.11 Å². The molecular weight excluding hydrogens is 228 g/mol. The maximum absolute atomic E-state index is 13.3. The van der Waals surface area contributed by atoms with Crippen LogP contribution in [0.15, 0.2) is 18.2 Å². The highest BCUT2D eigenvalue weighted by Gasteiger charge is 2.30. The van der Waals surface area contributed by atoms with E-state index in [4.69, 9.17) is 5.11 Å². The first-order valence-electron chi connectivity index (χ1n) is 5.31. The Hall–Kier alpha value is -1.49. The van der Waals surface area contributed by atoms with Crippen LogP contribution in [0.4, 0.5) is 8.78 Å². The molecule has 17 heavy (non-hydrogen) atoms. The fraction of sp³-hybridized carbons (Fsp3) is 0.417. The van der Waals surface area contributed by atoms with Crippen LogP contribution < -0.4 is 5.32 Å². The van der Waals surface area contributed by atoms with Crippen LogP contribution in [-0.2, 0) is 11.3 Å². The van der Waals surface area contributed by atoms with Gasteiger partial charge in [0.05, 0.1) is 0 Å². The van der Waals surface area contributed by atoms with Gasteiger partial charge >= 0.3 is 5.97 Å². The fourth-order valence-corrected chi connectivity index (χ4v) is 1.31. The molecule has 0 radical (unpaired) electrons. The molecule has 94 valence electrons. The van der Waals surface area contributed by atoms with Crippen molar-refractivity contribution >= 4 is 5.97 Å². The lowest BCUT2D eigenvalue weighted by atomic mass is 9.99. The summed E-state index contributed by atoms with van der Waals surface area (Å²) in [6, 6.07) is 3.22. The topological polar surface area (TPSA) is 49.3 Å². The second kappa shape index (κ2) is 5.23. The molecule has 0 heterocycles. The smallest absolute Gasteiger partial charge is 0.323 e. The number of aliphatic carboxylic acids is 1. The quantitative estimate of drug-likeness (QED) is 0.834. The molecule has 3 nitrogen and oxygen atoms in total. The Labute approximate surface area is 98.5 Å². The summed E-state index contributed by atoms with van der Waals surface area (Å²) in [6.07, 6.45) is 0.366.